The van der Waals surface area contributed by atoms with Crippen LogP contribution in [0.1, 0.15) is 23.1 Å². The number of alkyl halides is 3. The summed E-state index contributed by atoms with van der Waals surface area (Å²) in [4.78, 5) is 12.1. The second kappa shape index (κ2) is 6.59. The second-order valence-corrected chi connectivity index (χ2v) is 4.86. The molecule has 0 radical (unpaired) electrons. The maximum Gasteiger partial charge on any atom is 0.436 e. The maximum atomic E-state index is 12.7. The number of nitrogens with zero attached hydrogens (tertiary/aromatic N) is 4. The van der Waals surface area contributed by atoms with Crippen molar-refractivity contribution in [1.82, 2.24) is 19.6 Å². The Morgan fingerprint density at radius 2 is 2.17 bits per heavy atom. The number of hydrogen-bond acceptors (Lipinski definition) is 4. The number of halogens is 4. The fourth-order valence-electron chi connectivity index (χ4n) is 1.80. The molecule has 11 heteroatoms. The predicted molar refractivity (Wildman–Crippen MR) is 75.0 cm³/mol. The van der Waals surface area contributed by atoms with Gasteiger partial charge < -0.3 is 10.1 Å². The van der Waals surface area contributed by atoms with Gasteiger partial charge in [0.2, 0.25) is 0 Å². The third-order valence-corrected chi connectivity index (χ3v) is 3.15. The molecule has 2 rings (SSSR count). The van der Waals surface area contributed by atoms with E-state index in [0.29, 0.717) is 12.3 Å². The minimum atomic E-state index is -4.74. The summed E-state index contributed by atoms with van der Waals surface area (Å²) in [5.41, 5.74) is -1.41. The van der Waals surface area contributed by atoms with Gasteiger partial charge in [0.25, 0.3) is 5.91 Å². The number of anilines is 1. The highest BCUT2D eigenvalue weighted by molar-refractivity contribution is 6.34. The van der Waals surface area contributed by atoms with E-state index in [0.717, 1.165) is 4.68 Å². The number of nitrogens with one attached hydrogen (secondary N) is 1. The number of rotatable bonds is 5. The topological polar surface area (TPSA) is 74.0 Å². The minimum Gasteiger partial charge on any atom is -0.360 e. The van der Waals surface area contributed by atoms with Gasteiger partial charge in [0.15, 0.2) is 5.69 Å². The number of aryl methyl sites for hydroxylation is 1. The molecule has 0 saturated carbocycles. The largest absolute Gasteiger partial charge is 0.436 e. The molecule has 0 unspecified atom stereocenters. The molecule has 1 N–H and O–H groups in total. The molecule has 126 valence electrons. The molecule has 0 saturated heterocycles. The quantitative estimate of drug-likeness (QED) is 0.898. The van der Waals surface area contributed by atoms with E-state index in [4.69, 9.17) is 16.3 Å². The van der Waals surface area contributed by atoms with Crippen LogP contribution in [0.3, 0.4) is 0 Å². The summed E-state index contributed by atoms with van der Waals surface area (Å²) in [6, 6.07) is 0. The van der Waals surface area contributed by atoms with Gasteiger partial charge in [-0.05, 0) is 6.92 Å². The zero-order valence-electron chi connectivity index (χ0n) is 12.2. The van der Waals surface area contributed by atoms with Gasteiger partial charge in [-0.25, -0.2) is 4.68 Å². The number of ether oxygens (including phenoxy) is 1. The van der Waals surface area contributed by atoms with Crippen molar-refractivity contribution in [3.63, 3.8) is 0 Å². The smallest absolute Gasteiger partial charge is 0.360 e. The van der Waals surface area contributed by atoms with E-state index in [1.807, 2.05) is 6.92 Å². The highest BCUT2D eigenvalue weighted by Gasteiger charge is 2.39. The number of hydrogen-bond donors (Lipinski definition) is 1. The molecule has 0 bridgehead atoms. The van der Waals surface area contributed by atoms with Gasteiger partial charge in [-0.15, -0.1) is 0 Å². The van der Waals surface area contributed by atoms with E-state index in [9.17, 15) is 18.0 Å². The molecule has 2 aromatic heterocycles. The molecule has 1 amide bonds. The molecule has 0 aromatic carbocycles. The summed E-state index contributed by atoms with van der Waals surface area (Å²) >= 11 is 5.64. The first-order valence-electron chi connectivity index (χ1n) is 6.45. The van der Waals surface area contributed by atoms with Crippen molar-refractivity contribution < 1.29 is 22.7 Å². The van der Waals surface area contributed by atoms with Crippen LogP contribution < -0.4 is 5.32 Å². The van der Waals surface area contributed by atoms with Gasteiger partial charge >= 0.3 is 6.18 Å². The Kier molecular flexibility index (Phi) is 4.95. The van der Waals surface area contributed by atoms with E-state index < -0.39 is 28.5 Å². The maximum absolute atomic E-state index is 12.7. The monoisotopic (exact) mass is 351 g/mol. The third-order valence-electron chi connectivity index (χ3n) is 2.79. The average molecular weight is 352 g/mol. The lowest BCUT2D eigenvalue weighted by atomic mass is 10.3. The Bertz CT molecular complexity index is 710. The first kappa shape index (κ1) is 17.3. The highest BCUT2D eigenvalue weighted by Crippen LogP contribution is 2.35. The lowest BCUT2D eigenvalue weighted by molar-refractivity contribution is -0.141. The molecule has 7 nitrogen and oxygen atoms in total. The Labute approximate surface area is 134 Å². The number of carbonyl (C=O) groups excluding carboxylic acids is 1. The summed E-state index contributed by atoms with van der Waals surface area (Å²) in [6.07, 6.45) is -1.93. The number of aromatic nitrogens is 4. The normalized spacial score (nSPS) is 11.7. The standard InChI is InChI=1S/C12H13ClF3N5O2/c1-3-23-6-21-5-7(4-17-21)18-11(22)9-8(13)10(12(14,15)16)19-20(9)2/h4-5H,3,6H2,1-2H3,(H,18,22). The number of carbonyl (C=O) groups is 1. The molecule has 0 aliphatic heterocycles. The Morgan fingerprint density at radius 1 is 1.48 bits per heavy atom. The van der Waals surface area contributed by atoms with E-state index in [1.165, 1.54) is 24.1 Å². The zero-order chi connectivity index (χ0) is 17.2. The molecule has 0 spiro atoms. The van der Waals surface area contributed by atoms with Crippen LogP contribution in [0, 0.1) is 0 Å². The molecule has 2 heterocycles. The van der Waals surface area contributed by atoms with Crippen LogP contribution in [0.15, 0.2) is 12.4 Å². The van der Waals surface area contributed by atoms with Gasteiger partial charge in [0.05, 0.1) is 18.1 Å². The molecular weight excluding hydrogens is 339 g/mol. The van der Waals surface area contributed by atoms with Crippen LogP contribution in [-0.4, -0.2) is 32.1 Å². The van der Waals surface area contributed by atoms with Gasteiger partial charge in [-0.2, -0.15) is 23.4 Å². The van der Waals surface area contributed by atoms with Crippen molar-refractivity contribution in [2.24, 2.45) is 7.05 Å². The van der Waals surface area contributed by atoms with Crippen molar-refractivity contribution in [3.05, 3.63) is 28.8 Å². The molecule has 0 aliphatic rings. The molecule has 0 atom stereocenters. The first-order chi connectivity index (χ1) is 10.7. The summed E-state index contributed by atoms with van der Waals surface area (Å²) in [5.74, 6) is -0.823. The van der Waals surface area contributed by atoms with E-state index in [-0.39, 0.29) is 6.73 Å². The average Bonchev–Trinajstić information content (AvgIpc) is 3.00. The molecule has 0 fully saturated rings. The van der Waals surface area contributed by atoms with Crippen molar-refractivity contribution >= 4 is 23.2 Å². The van der Waals surface area contributed by atoms with Gasteiger partial charge in [-0.1, -0.05) is 11.6 Å². The van der Waals surface area contributed by atoms with Crippen LogP contribution in [0.4, 0.5) is 18.9 Å². The Balaban J connectivity index is 2.18. The van der Waals surface area contributed by atoms with Crippen LogP contribution >= 0.6 is 11.6 Å². The van der Waals surface area contributed by atoms with Crippen molar-refractivity contribution in [2.75, 3.05) is 11.9 Å². The zero-order valence-corrected chi connectivity index (χ0v) is 12.9. The van der Waals surface area contributed by atoms with Gasteiger partial charge in [0, 0.05) is 13.7 Å². The summed E-state index contributed by atoms with van der Waals surface area (Å²) in [6.45, 7) is 2.50. The molecular formula is C12H13ClF3N5O2. The van der Waals surface area contributed by atoms with Crippen LogP contribution in [0.5, 0.6) is 0 Å². The van der Waals surface area contributed by atoms with Crippen LogP contribution in [-0.2, 0) is 24.7 Å². The Hall–Kier alpha value is -2.07. The number of amides is 1. The minimum absolute atomic E-state index is 0.192. The van der Waals surface area contributed by atoms with E-state index in [1.54, 1.807) is 0 Å². The molecule has 0 aliphatic carbocycles. The fourth-order valence-corrected chi connectivity index (χ4v) is 2.15. The SMILES string of the molecule is CCOCn1cc(NC(=O)c2c(Cl)c(C(F)(F)F)nn2C)cn1. The van der Waals surface area contributed by atoms with Crippen molar-refractivity contribution in [1.29, 1.82) is 0 Å². The van der Waals surface area contributed by atoms with Gasteiger partial charge in [-0.3, -0.25) is 9.48 Å². The fraction of sp³-hybridized carbons (Fsp3) is 0.417. The van der Waals surface area contributed by atoms with E-state index >= 15 is 0 Å². The second-order valence-electron chi connectivity index (χ2n) is 4.48. The summed E-state index contributed by atoms with van der Waals surface area (Å²) in [7, 11) is 1.20. The lowest BCUT2D eigenvalue weighted by Gasteiger charge is -2.04. The summed E-state index contributed by atoms with van der Waals surface area (Å²) in [5, 5.41) is 8.84. The predicted octanol–water partition coefficient (Wildman–Crippen LogP) is 2.54. The highest BCUT2D eigenvalue weighted by atomic mass is 35.5. The van der Waals surface area contributed by atoms with Crippen LogP contribution in [0.25, 0.3) is 0 Å². The first-order valence-corrected chi connectivity index (χ1v) is 6.83. The lowest BCUT2D eigenvalue weighted by Crippen LogP contribution is -2.16. The van der Waals surface area contributed by atoms with Crippen LogP contribution in [0.2, 0.25) is 5.02 Å². The van der Waals surface area contributed by atoms with Gasteiger partial charge in [0.1, 0.15) is 17.4 Å². The van der Waals surface area contributed by atoms with E-state index in [2.05, 4.69) is 15.5 Å². The Morgan fingerprint density at radius 3 is 2.74 bits per heavy atom. The van der Waals surface area contributed by atoms with Crippen molar-refractivity contribution in [3.8, 4) is 0 Å². The summed E-state index contributed by atoms with van der Waals surface area (Å²) < 4.78 is 45.5. The molecule has 23 heavy (non-hydrogen) atoms. The van der Waals surface area contributed by atoms with Crippen molar-refractivity contribution in [2.45, 2.75) is 19.8 Å². The third kappa shape index (κ3) is 3.82. The molecule has 2 aromatic rings.